The number of hydrogen-bond acceptors (Lipinski definition) is 7. The molecule has 0 bridgehead atoms. The maximum Gasteiger partial charge on any atom is 0.694 e. The highest BCUT2D eigenvalue weighted by atomic mass is 31.1. The molecule has 2 unspecified atom stereocenters. The Kier molecular flexibility index (Phi) is 4.23. The van der Waals surface area contributed by atoms with Crippen molar-refractivity contribution in [2.24, 2.45) is 0 Å². The highest BCUT2D eigenvalue weighted by Crippen LogP contribution is 2.29. The van der Waals surface area contributed by atoms with Crippen molar-refractivity contribution in [3.8, 4) is 0 Å². The zero-order valence-electron chi connectivity index (χ0n) is 9.75. The Bertz CT molecular complexity index is 535. The Morgan fingerprint density at radius 1 is 1.68 bits per heavy atom. The summed E-state index contributed by atoms with van der Waals surface area (Å²) in [6, 6.07) is 1.44. The molecule has 1 aliphatic rings. The van der Waals surface area contributed by atoms with Crippen molar-refractivity contribution in [1.29, 1.82) is 0 Å². The largest absolute Gasteiger partial charge is 0.694 e. The lowest BCUT2D eigenvalue weighted by atomic mass is 10.2. The number of anilines is 1. The molecule has 0 spiro atoms. The quantitative estimate of drug-likeness (QED) is 0.609. The molecular formula is C9H13N3O6P+. The van der Waals surface area contributed by atoms with Crippen molar-refractivity contribution in [2.45, 2.75) is 24.9 Å². The average molecular weight is 290 g/mol. The van der Waals surface area contributed by atoms with Crippen LogP contribution >= 0.6 is 8.25 Å². The molecule has 4 atom stereocenters. The molecule has 104 valence electrons. The molecule has 1 fully saturated rings. The summed E-state index contributed by atoms with van der Waals surface area (Å²) < 4.78 is 21.5. The van der Waals surface area contributed by atoms with Gasteiger partial charge in [-0.3, -0.25) is 4.57 Å². The fraction of sp³-hybridized carbons (Fsp3) is 0.556. The van der Waals surface area contributed by atoms with Crippen LogP contribution in [0, 0.1) is 0 Å². The van der Waals surface area contributed by atoms with Gasteiger partial charge in [-0.15, -0.1) is 9.42 Å². The third-order valence-electron chi connectivity index (χ3n) is 2.72. The van der Waals surface area contributed by atoms with E-state index in [1.807, 2.05) is 0 Å². The minimum Gasteiger partial charge on any atom is -0.390 e. The van der Waals surface area contributed by atoms with Gasteiger partial charge >= 0.3 is 13.9 Å². The number of ether oxygens (including phenoxy) is 1. The molecule has 0 radical (unpaired) electrons. The van der Waals surface area contributed by atoms with E-state index in [1.165, 1.54) is 16.8 Å². The van der Waals surface area contributed by atoms with Crippen molar-refractivity contribution < 1.29 is 23.8 Å². The van der Waals surface area contributed by atoms with Crippen molar-refractivity contribution in [3.63, 3.8) is 0 Å². The predicted molar refractivity (Wildman–Crippen MR) is 63.2 cm³/mol. The minimum absolute atomic E-state index is 0.0944. The summed E-state index contributed by atoms with van der Waals surface area (Å²) in [5.74, 6) is 0.0944. The number of nitrogen functional groups attached to an aromatic ring is 1. The molecule has 1 aromatic heterocycles. The van der Waals surface area contributed by atoms with Crippen LogP contribution in [0.25, 0.3) is 0 Å². The van der Waals surface area contributed by atoms with Gasteiger partial charge in [0.05, 0.1) is 6.10 Å². The molecular weight excluding hydrogens is 277 g/mol. The van der Waals surface area contributed by atoms with Gasteiger partial charge in [0.1, 0.15) is 24.8 Å². The molecule has 0 aromatic carbocycles. The molecule has 19 heavy (non-hydrogen) atoms. The Hall–Kier alpha value is -1.38. The lowest BCUT2D eigenvalue weighted by Gasteiger charge is -2.13. The first kappa shape index (κ1) is 14.0. The summed E-state index contributed by atoms with van der Waals surface area (Å²) in [5.41, 5.74) is 4.78. The smallest absolute Gasteiger partial charge is 0.390 e. The Morgan fingerprint density at radius 2 is 2.42 bits per heavy atom. The van der Waals surface area contributed by atoms with Crippen LogP contribution in [-0.4, -0.2) is 38.4 Å². The third-order valence-corrected chi connectivity index (χ3v) is 3.09. The van der Waals surface area contributed by atoms with Gasteiger partial charge in [-0.05, 0) is 6.07 Å². The second kappa shape index (κ2) is 5.72. The molecule has 0 aliphatic carbocycles. The van der Waals surface area contributed by atoms with E-state index in [-0.39, 0.29) is 18.8 Å². The summed E-state index contributed by atoms with van der Waals surface area (Å²) in [7, 11) is -2.75. The molecule has 2 rings (SSSR count). The van der Waals surface area contributed by atoms with E-state index in [1.54, 1.807) is 0 Å². The predicted octanol–water partition coefficient (Wildman–Crippen LogP) is -0.860. The first-order valence-electron chi connectivity index (χ1n) is 5.44. The molecule has 0 saturated carbocycles. The van der Waals surface area contributed by atoms with Crippen molar-refractivity contribution in [1.82, 2.24) is 9.55 Å². The first-order valence-corrected chi connectivity index (χ1v) is 6.57. The number of rotatable bonds is 4. The van der Waals surface area contributed by atoms with Gasteiger partial charge in [0.25, 0.3) is 0 Å². The Balaban J connectivity index is 2.07. The summed E-state index contributed by atoms with van der Waals surface area (Å²) in [6.45, 7) is -0.236. The highest BCUT2D eigenvalue weighted by Gasteiger charge is 2.37. The molecule has 1 saturated heterocycles. The molecule has 2 heterocycles. The molecule has 1 aliphatic heterocycles. The van der Waals surface area contributed by atoms with E-state index in [2.05, 4.69) is 9.51 Å². The lowest BCUT2D eigenvalue weighted by molar-refractivity contribution is -0.0412. The van der Waals surface area contributed by atoms with Crippen molar-refractivity contribution >= 4 is 14.1 Å². The van der Waals surface area contributed by atoms with Crippen LogP contribution < -0.4 is 11.4 Å². The Labute approximate surface area is 108 Å². The van der Waals surface area contributed by atoms with E-state index in [9.17, 15) is 14.5 Å². The van der Waals surface area contributed by atoms with E-state index < -0.39 is 32.4 Å². The highest BCUT2D eigenvalue weighted by molar-refractivity contribution is 7.32. The number of aliphatic hydroxyl groups excluding tert-OH is 1. The monoisotopic (exact) mass is 290 g/mol. The summed E-state index contributed by atoms with van der Waals surface area (Å²) in [5, 5.41) is 9.74. The maximum atomic E-state index is 11.6. The number of aliphatic hydroxyl groups is 1. The van der Waals surface area contributed by atoms with Crippen LogP contribution in [0.2, 0.25) is 0 Å². The molecule has 1 aromatic rings. The van der Waals surface area contributed by atoms with Crippen LogP contribution in [-0.2, 0) is 13.8 Å². The van der Waals surface area contributed by atoms with Gasteiger partial charge < -0.3 is 15.6 Å². The standard InChI is InChI=1S/C9H12N3O6P/c10-7-1-2-12(9(14)11-7)8-3-5(13)6(18-8)4-17-19(15)16/h1-2,5-6,8,13H,3-4H2,(H2-,10,11,14,15,16)/p+1/t5-,6?,8+/m0/s1. The Morgan fingerprint density at radius 3 is 3.05 bits per heavy atom. The zero-order chi connectivity index (χ0) is 14.0. The fourth-order valence-corrected chi connectivity index (χ4v) is 2.09. The van der Waals surface area contributed by atoms with E-state index in [0.717, 1.165) is 0 Å². The minimum atomic E-state index is -2.75. The van der Waals surface area contributed by atoms with Gasteiger partial charge in [0, 0.05) is 17.2 Å². The maximum absolute atomic E-state index is 11.6. The molecule has 10 heteroatoms. The number of hydrogen-bond donors (Lipinski definition) is 3. The molecule has 9 nitrogen and oxygen atoms in total. The van der Waals surface area contributed by atoms with Gasteiger partial charge in [0.15, 0.2) is 0 Å². The summed E-state index contributed by atoms with van der Waals surface area (Å²) in [4.78, 5) is 23.7. The van der Waals surface area contributed by atoms with E-state index in [4.69, 9.17) is 15.4 Å². The molecule has 0 amide bonds. The fourth-order valence-electron chi connectivity index (χ4n) is 1.82. The normalized spacial score (nSPS) is 27.5. The lowest BCUT2D eigenvalue weighted by Crippen LogP contribution is -2.28. The SMILES string of the molecule is Nc1ccn([C@H]2C[C@H](O)C(CO[P+](=O)O)O2)c(=O)n1. The second-order valence-electron chi connectivity index (χ2n) is 4.01. The second-order valence-corrected chi connectivity index (χ2v) is 4.74. The average Bonchev–Trinajstić information content (AvgIpc) is 2.67. The summed E-state index contributed by atoms with van der Waals surface area (Å²) >= 11 is 0. The summed E-state index contributed by atoms with van der Waals surface area (Å²) in [6.07, 6.45) is -0.815. The van der Waals surface area contributed by atoms with Crippen LogP contribution in [0.15, 0.2) is 17.1 Å². The van der Waals surface area contributed by atoms with Crippen LogP contribution in [0.5, 0.6) is 0 Å². The number of nitrogens with zero attached hydrogens (tertiary/aromatic N) is 2. The van der Waals surface area contributed by atoms with E-state index >= 15 is 0 Å². The van der Waals surface area contributed by atoms with Crippen molar-refractivity contribution in [3.05, 3.63) is 22.7 Å². The number of aromatic nitrogens is 2. The van der Waals surface area contributed by atoms with Crippen LogP contribution in [0.4, 0.5) is 5.82 Å². The topological polar surface area (TPSA) is 137 Å². The zero-order valence-corrected chi connectivity index (χ0v) is 10.6. The third kappa shape index (κ3) is 3.34. The van der Waals surface area contributed by atoms with Crippen LogP contribution in [0.3, 0.4) is 0 Å². The van der Waals surface area contributed by atoms with Gasteiger partial charge in [-0.2, -0.15) is 4.98 Å². The van der Waals surface area contributed by atoms with Gasteiger partial charge in [0.2, 0.25) is 0 Å². The van der Waals surface area contributed by atoms with Crippen molar-refractivity contribution in [2.75, 3.05) is 12.3 Å². The van der Waals surface area contributed by atoms with Gasteiger partial charge in [-0.25, -0.2) is 4.79 Å². The molecule has 4 N–H and O–H groups in total. The first-order chi connectivity index (χ1) is 8.97. The number of nitrogens with two attached hydrogens (primary N) is 1. The van der Waals surface area contributed by atoms with Crippen LogP contribution in [0.1, 0.15) is 12.6 Å². The van der Waals surface area contributed by atoms with Gasteiger partial charge in [-0.1, -0.05) is 0 Å². The van der Waals surface area contributed by atoms with E-state index in [0.29, 0.717) is 0 Å².